The van der Waals surface area contributed by atoms with E-state index in [1.54, 1.807) is 0 Å². The van der Waals surface area contributed by atoms with Gasteiger partial charge in [-0.2, -0.15) is 43.8 Å². The van der Waals surface area contributed by atoms with Crippen molar-refractivity contribution < 1.29 is 57.1 Å². The first-order valence-electron chi connectivity index (χ1n) is 10.8. The summed E-state index contributed by atoms with van der Waals surface area (Å²) in [6.07, 6.45) is -17.3. The lowest BCUT2D eigenvalue weighted by Crippen LogP contribution is -2.35. The minimum Gasteiger partial charge on any atom is -0.293 e. The van der Waals surface area contributed by atoms with Crippen LogP contribution in [0.5, 0.6) is 0 Å². The third-order valence-corrected chi connectivity index (χ3v) is 8.41. The van der Waals surface area contributed by atoms with Gasteiger partial charge < -0.3 is 0 Å². The molecular weight excluding hydrogens is 667 g/mol. The smallest absolute Gasteiger partial charge is 0.293 e. The van der Waals surface area contributed by atoms with E-state index in [1.807, 2.05) is 0 Å². The lowest BCUT2D eigenvalue weighted by atomic mass is 9.95. The predicted molar refractivity (Wildman–Crippen MR) is 132 cm³/mol. The second-order valence-electron chi connectivity index (χ2n) is 8.45. The van der Waals surface area contributed by atoms with Gasteiger partial charge in [0.05, 0.1) is 39.3 Å². The topological polar surface area (TPSA) is 54.5 Å². The minimum atomic E-state index is -5.38. The summed E-state index contributed by atoms with van der Waals surface area (Å²) >= 11 is 17.2. The van der Waals surface area contributed by atoms with Crippen molar-refractivity contribution in [3.8, 4) is 0 Å². The summed E-state index contributed by atoms with van der Waals surface area (Å²) < 4.78 is 159. The Morgan fingerprint density at radius 2 is 1.49 bits per heavy atom. The van der Waals surface area contributed by atoms with Crippen LogP contribution in [0.15, 0.2) is 36.4 Å². The standard InChI is InChI=1S/C23H16Cl3F10NO3S/c1-37(41(39,40)5-4-21(28,29)30)10-19(38)13-3-2-11(6-15(13)23(34,35)36)18(27)9-14(22(31,32)33)12-7-16(24)20(26)17(25)8-12/h2-3,6-9,14H,4-5,10H2,1H3/b18-9-. The number of nitrogens with zero attached hydrogens (tertiary/aromatic N) is 1. The van der Waals surface area contributed by atoms with Crippen molar-refractivity contribution in [1.29, 1.82) is 0 Å². The molecule has 1 unspecified atom stereocenters. The highest BCUT2D eigenvalue weighted by molar-refractivity contribution is 7.89. The molecule has 0 heterocycles. The lowest BCUT2D eigenvalue weighted by molar-refractivity contribution is -0.140. The van der Waals surface area contributed by atoms with Gasteiger partial charge in [0.25, 0.3) is 0 Å². The van der Waals surface area contributed by atoms with Gasteiger partial charge in [-0.05, 0) is 29.8 Å². The van der Waals surface area contributed by atoms with Crippen molar-refractivity contribution in [2.24, 2.45) is 0 Å². The van der Waals surface area contributed by atoms with Gasteiger partial charge in [-0.3, -0.25) is 4.79 Å². The van der Waals surface area contributed by atoms with Gasteiger partial charge in [-0.25, -0.2) is 12.8 Å². The summed E-state index contributed by atoms with van der Waals surface area (Å²) in [5, 5.41) is -1.12. The minimum absolute atomic E-state index is 0.0342. The van der Waals surface area contributed by atoms with E-state index in [4.69, 9.17) is 34.8 Å². The fourth-order valence-corrected chi connectivity index (χ4v) is 5.06. The number of benzene rings is 2. The monoisotopic (exact) mass is 681 g/mol. The highest BCUT2D eigenvalue weighted by atomic mass is 35.5. The summed E-state index contributed by atoms with van der Waals surface area (Å²) in [7, 11) is -4.05. The largest absolute Gasteiger partial charge is 0.417 e. The number of hydrogen-bond acceptors (Lipinski definition) is 3. The van der Waals surface area contributed by atoms with Crippen LogP contribution in [-0.2, 0) is 16.2 Å². The Bertz CT molecular complexity index is 1410. The van der Waals surface area contributed by atoms with Crippen LogP contribution < -0.4 is 0 Å². The average molecular weight is 683 g/mol. The molecule has 4 nitrogen and oxygen atoms in total. The summed E-state index contributed by atoms with van der Waals surface area (Å²) in [5.41, 5.74) is -4.74. The van der Waals surface area contributed by atoms with Crippen LogP contribution in [0.25, 0.3) is 5.83 Å². The molecule has 0 spiro atoms. The number of halogens is 13. The van der Waals surface area contributed by atoms with Crippen molar-refractivity contribution >= 4 is 56.4 Å². The number of sulfonamides is 1. The molecule has 0 bridgehead atoms. The molecule has 0 saturated heterocycles. The van der Waals surface area contributed by atoms with E-state index in [-0.39, 0.29) is 21.5 Å². The van der Waals surface area contributed by atoms with Gasteiger partial charge >= 0.3 is 18.5 Å². The molecule has 0 N–H and O–H groups in total. The van der Waals surface area contributed by atoms with E-state index >= 15 is 0 Å². The fraction of sp³-hybridized carbons (Fsp3) is 0.348. The lowest BCUT2D eigenvalue weighted by Gasteiger charge is -2.20. The van der Waals surface area contributed by atoms with Crippen LogP contribution in [-0.4, -0.2) is 50.2 Å². The van der Waals surface area contributed by atoms with Gasteiger partial charge in [0, 0.05) is 18.2 Å². The maximum atomic E-state index is 15.0. The first kappa shape index (κ1) is 35.1. The first-order valence-corrected chi connectivity index (χ1v) is 13.5. The third-order valence-electron chi connectivity index (χ3n) is 5.42. The maximum absolute atomic E-state index is 15.0. The molecule has 0 aliphatic carbocycles. The number of hydrogen-bond donors (Lipinski definition) is 0. The SMILES string of the molecule is CN(CC(=O)c1ccc(/C(F)=C/C(c2cc(Cl)c(Cl)c(Cl)c2)C(F)(F)F)cc1C(F)(F)F)S(=O)(=O)CCC(F)(F)F. The molecular formula is C23H16Cl3F10NO3S. The summed E-state index contributed by atoms with van der Waals surface area (Å²) in [6, 6.07) is 2.46. The average Bonchev–Trinajstić information content (AvgIpc) is 2.82. The number of rotatable bonds is 9. The van der Waals surface area contributed by atoms with E-state index in [2.05, 4.69) is 0 Å². The van der Waals surface area contributed by atoms with Gasteiger partial charge in [-0.1, -0.05) is 46.9 Å². The zero-order valence-corrected chi connectivity index (χ0v) is 23.2. The van der Waals surface area contributed by atoms with E-state index in [0.29, 0.717) is 19.2 Å². The van der Waals surface area contributed by atoms with Crippen molar-refractivity contribution in [2.45, 2.75) is 30.9 Å². The second kappa shape index (κ2) is 12.7. The highest BCUT2D eigenvalue weighted by Crippen LogP contribution is 2.43. The number of carbonyl (C=O) groups is 1. The number of alkyl halides is 9. The predicted octanol–water partition coefficient (Wildman–Crippen LogP) is 8.72. The summed E-state index contributed by atoms with van der Waals surface area (Å²) in [5.74, 6) is -7.54. The van der Waals surface area contributed by atoms with Crippen molar-refractivity contribution in [1.82, 2.24) is 4.31 Å². The Kier molecular flexibility index (Phi) is 10.8. The van der Waals surface area contributed by atoms with Crippen molar-refractivity contribution in [3.05, 3.63) is 73.7 Å². The maximum Gasteiger partial charge on any atom is 0.417 e. The number of likely N-dealkylation sites (N-methyl/N-ethyl adjacent to an activating group) is 1. The molecule has 0 fully saturated rings. The molecule has 0 aliphatic heterocycles. The molecule has 2 aromatic carbocycles. The number of allylic oxidation sites excluding steroid dienone is 1. The Balaban J connectivity index is 2.49. The second-order valence-corrected chi connectivity index (χ2v) is 11.8. The van der Waals surface area contributed by atoms with Gasteiger partial charge in [-0.15, -0.1) is 0 Å². The van der Waals surface area contributed by atoms with Crippen LogP contribution in [0.1, 0.15) is 39.4 Å². The number of Topliss-reactive ketones (excluding diaryl/α,β-unsaturated/α-hetero) is 1. The molecule has 0 amide bonds. The molecule has 0 aliphatic rings. The zero-order chi connectivity index (χ0) is 31.7. The van der Waals surface area contributed by atoms with Gasteiger partial charge in [0.2, 0.25) is 10.0 Å². The van der Waals surface area contributed by atoms with E-state index in [1.165, 1.54) is 0 Å². The Morgan fingerprint density at radius 3 is 1.95 bits per heavy atom. The van der Waals surface area contributed by atoms with Crippen molar-refractivity contribution in [2.75, 3.05) is 19.3 Å². The van der Waals surface area contributed by atoms with Crippen LogP contribution >= 0.6 is 34.8 Å². The molecule has 41 heavy (non-hydrogen) atoms. The first-order chi connectivity index (χ1) is 18.4. The molecule has 18 heteroatoms. The molecule has 2 rings (SSSR count). The van der Waals surface area contributed by atoms with E-state index < -0.39 is 97.1 Å². The Hall–Kier alpha value is -2.07. The third kappa shape index (κ3) is 9.46. The van der Waals surface area contributed by atoms with Crippen LogP contribution in [0, 0.1) is 0 Å². The molecule has 2 aromatic rings. The van der Waals surface area contributed by atoms with Crippen LogP contribution in [0.2, 0.25) is 15.1 Å². The molecule has 1 atom stereocenters. The van der Waals surface area contributed by atoms with Crippen LogP contribution in [0.4, 0.5) is 43.9 Å². The highest BCUT2D eigenvalue weighted by Gasteiger charge is 2.41. The van der Waals surface area contributed by atoms with Crippen LogP contribution in [0.3, 0.4) is 0 Å². The molecule has 0 aromatic heterocycles. The zero-order valence-electron chi connectivity index (χ0n) is 20.2. The molecule has 0 saturated carbocycles. The Morgan fingerprint density at radius 1 is 0.951 bits per heavy atom. The molecule has 0 radical (unpaired) electrons. The summed E-state index contributed by atoms with van der Waals surface area (Å²) in [6.45, 7) is -1.31. The van der Waals surface area contributed by atoms with E-state index in [0.717, 1.165) is 12.1 Å². The van der Waals surface area contributed by atoms with Gasteiger partial charge in [0.1, 0.15) is 11.7 Å². The van der Waals surface area contributed by atoms with Gasteiger partial charge in [0.15, 0.2) is 5.78 Å². The number of carbonyl (C=O) groups excluding carboxylic acids is 1. The summed E-state index contributed by atoms with van der Waals surface area (Å²) in [4.78, 5) is 12.5. The van der Waals surface area contributed by atoms with E-state index in [9.17, 15) is 57.1 Å². The quantitative estimate of drug-likeness (QED) is 0.151. The molecule has 228 valence electrons. The van der Waals surface area contributed by atoms with Crippen molar-refractivity contribution in [3.63, 3.8) is 0 Å². The Labute approximate surface area is 241 Å². The normalized spacial score (nSPS) is 14.5. The number of ketones is 1. The fourth-order valence-electron chi connectivity index (χ4n) is 3.33.